The Morgan fingerprint density at radius 2 is 1.67 bits per heavy atom. The monoisotopic (exact) mass is 381 g/mol. The molecule has 0 aliphatic carbocycles. The van der Waals surface area contributed by atoms with Crippen molar-refractivity contribution >= 4 is 11.9 Å². The summed E-state index contributed by atoms with van der Waals surface area (Å²) in [5, 5.41) is 3.46. The third-order valence-electron chi connectivity index (χ3n) is 5.65. The average molecular weight is 382 g/mol. The quantitative estimate of drug-likeness (QED) is 0.574. The van der Waals surface area contributed by atoms with Crippen LogP contribution < -0.4 is 5.32 Å². The molecule has 27 heavy (non-hydrogen) atoms. The maximum atomic E-state index is 12.5. The number of nitrogens with zero attached hydrogens (tertiary/aromatic N) is 4. The third kappa shape index (κ3) is 6.64. The predicted molar refractivity (Wildman–Crippen MR) is 110 cm³/mol. The third-order valence-corrected chi connectivity index (χ3v) is 5.65. The molecule has 1 atom stereocenters. The number of aliphatic imine (C=N–C) groups is 1. The van der Waals surface area contributed by atoms with Gasteiger partial charge < -0.3 is 19.9 Å². The summed E-state index contributed by atoms with van der Waals surface area (Å²) in [4.78, 5) is 23.5. The van der Waals surface area contributed by atoms with Crippen molar-refractivity contribution in [3.63, 3.8) is 0 Å². The van der Waals surface area contributed by atoms with Crippen LogP contribution in [-0.2, 0) is 9.53 Å². The van der Waals surface area contributed by atoms with Crippen molar-refractivity contribution in [3.8, 4) is 0 Å². The number of hydrogen-bond donors (Lipinski definition) is 1. The molecule has 0 saturated carbocycles. The molecule has 0 bridgehead atoms. The lowest BCUT2D eigenvalue weighted by Crippen LogP contribution is -2.55. The second kappa shape index (κ2) is 10.3. The Morgan fingerprint density at radius 1 is 1.04 bits per heavy atom. The van der Waals surface area contributed by atoms with Gasteiger partial charge in [0.25, 0.3) is 0 Å². The van der Waals surface area contributed by atoms with Crippen LogP contribution in [-0.4, -0.2) is 99.2 Å². The highest BCUT2D eigenvalue weighted by molar-refractivity contribution is 5.80. The van der Waals surface area contributed by atoms with Gasteiger partial charge in [-0.25, -0.2) is 0 Å². The number of piperazine rings is 1. The molecule has 0 aromatic rings. The maximum absolute atomic E-state index is 12.5. The summed E-state index contributed by atoms with van der Waals surface area (Å²) in [6.07, 6.45) is 3.68. The zero-order valence-electron chi connectivity index (χ0n) is 18.0. The minimum absolute atomic E-state index is 0.0775. The summed E-state index contributed by atoms with van der Waals surface area (Å²) in [5.41, 5.74) is 0.0775. The van der Waals surface area contributed by atoms with Crippen LogP contribution in [0.5, 0.6) is 0 Å². The van der Waals surface area contributed by atoms with Gasteiger partial charge in [-0.2, -0.15) is 0 Å². The van der Waals surface area contributed by atoms with Gasteiger partial charge in [0, 0.05) is 60.0 Å². The molecular formula is C20H39N5O2. The zero-order chi connectivity index (χ0) is 19.9. The molecule has 1 amide bonds. The summed E-state index contributed by atoms with van der Waals surface area (Å²) in [5.74, 6) is 1.21. The SMILES string of the molecule is CN=C(NCC(OC)C(C)(C)C)N1CCN(CC(=O)N2CCCCC2)CC1. The standard InChI is InChI=1S/C20H39N5O2/c1-20(2,3)17(27-5)15-22-19(21-4)25-13-11-23(12-14-25)16-18(26)24-9-7-6-8-10-24/h17H,6-16H2,1-5H3,(H,21,22). The van der Waals surface area contributed by atoms with Crippen molar-refractivity contribution in [2.24, 2.45) is 10.4 Å². The van der Waals surface area contributed by atoms with E-state index >= 15 is 0 Å². The number of nitrogens with one attached hydrogen (secondary N) is 1. The van der Waals surface area contributed by atoms with E-state index in [0.717, 1.165) is 64.6 Å². The first-order valence-corrected chi connectivity index (χ1v) is 10.3. The molecule has 2 rings (SSSR count). The summed E-state index contributed by atoms with van der Waals surface area (Å²) < 4.78 is 5.63. The van der Waals surface area contributed by atoms with Gasteiger partial charge in [0.1, 0.15) is 0 Å². The number of piperidine rings is 1. The van der Waals surface area contributed by atoms with Crippen LogP contribution in [0.4, 0.5) is 0 Å². The number of carbonyl (C=O) groups excluding carboxylic acids is 1. The zero-order valence-corrected chi connectivity index (χ0v) is 18.0. The van der Waals surface area contributed by atoms with Gasteiger partial charge in [-0.05, 0) is 24.7 Å². The van der Waals surface area contributed by atoms with E-state index in [1.165, 1.54) is 6.42 Å². The molecule has 0 radical (unpaired) electrons. The molecule has 1 N–H and O–H groups in total. The average Bonchev–Trinajstić information content (AvgIpc) is 2.66. The Balaban J connectivity index is 1.76. The number of ether oxygens (including phenoxy) is 1. The summed E-state index contributed by atoms with van der Waals surface area (Å²) in [6.45, 7) is 13.3. The van der Waals surface area contributed by atoms with Crippen molar-refractivity contribution in [1.29, 1.82) is 0 Å². The molecule has 2 saturated heterocycles. The van der Waals surface area contributed by atoms with Crippen molar-refractivity contribution in [2.75, 3.05) is 66.5 Å². The van der Waals surface area contributed by atoms with E-state index in [9.17, 15) is 4.79 Å². The number of carbonyl (C=O) groups is 1. The van der Waals surface area contributed by atoms with E-state index in [-0.39, 0.29) is 11.5 Å². The van der Waals surface area contributed by atoms with Gasteiger partial charge in [0.2, 0.25) is 5.91 Å². The van der Waals surface area contributed by atoms with E-state index in [4.69, 9.17) is 4.74 Å². The highest BCUT2D eigenvalue weighted by atomic mass is 16.5. The first kappa shape index (κ1) is 22.0. The number of amides is 1. The Bertz CT molecular complexity index is 489. The lowest BCUT2D eigenvalue weighted by molar-refractivity contribution is -0.133. The Labute approximate surface area is 165 Å². The highest BCUT2D eigenvalue weighted by Gasteiger charge is 2.27. The first-order chi connectivity index (χ1) is 12.8. The fourth-order valence-electron chi connectivity index (χ4n) is 3.81. The molecule has 2 fully saturated rings. The number of rotatable bonds is 5. The topological polar surface area (TPSA) is 60.4 Å². The molecule has 1 unspecified atom stereocenters. The van der Waals surface area contributed by atoms with Crippen LogP contribution in [0.3, 0.4) is 0 Å². The molecule has 7 nitrogen and oxygen atoms in total. The lowest BCUT2D eigenvalue weighted by Gasteiger charge is -2.38. The second-order valence-corrected chi connectivity index (χ2v) is 8.72. The van der Waals surface area contributed by atoms with Crippen LogP contribution in [0, 0.1) is 5.41 Å². The molecule has 156 valence electrons. The van der Waals surface area contributed by atoms with Crippen molar-refractivity contribution in [1.82, 2.24) is 20.0 Å². The van der Waals surface area contributed by atoms with Crippen LogP contribution in [0.2, 0.25) is 0 Å². The number of likely N-dealkylation sites (tertiary alicyclic amines) is 1. The lowest BCUT2D eigenvalue weighted by atomic mass is 9.89. The van der Waals surface area contributed by atoms with Crippen LogP contribution >= 0.6 is 0 Å². The highest BCUT2D eigenvalue weighted by Crippen LogP contribution is 2.21. The van der Waals surface area contributed by atoms with E-state index in [2.05, 4.69) is 40.9 Å². The molecule has 0 aromatic carbocycles. The molecular weight excluding hydrogens is 342 g/mol. The van der Waals surface area contributed by atoms with E-state index in [0.29, 0.717) is 12.5 Å². The number of hydrogen-bond acceptors (Lipinski definition) is 4. The van der Waals surface area contributed by atoms with Crippen LogP contribution in [0.15, 0.2) is 4.99 Å². The minimum Gasteiger partial charge on any atom is -0.379 e. The Hall–Kier alpha value is -1.34. The predicted octanol–water partition coefficient (Wildman–Crippen LogP) is 1.25. The molecule has 2 aliphatic heterocycles. The van der Waals surface area contributed by atoms with Gasteiger partial charge in [0.15, 0.2) is 5.96 Å². The van der Waals surface area contributed by atoms with Gasteiger partial charge >= 0.3 is 0 Å². The van der Waals surface area contributed by atoms with Gasteiger partial charge in [-0.15, -0.1) is 0 Å². The Morgan fingerprint density at radius 3 is 2.19 bits per heavy atom. The largest absolute Gasteiger partial charge is 0.379 e. The van der Waals surface area contributed by atoms with Gasteiger partial charge in [-0.1, -0.05) is 20.8 Å². The van der Waals surface area contributed by atoms with Crippen LogP contribution in [0.25, 0.3) is 0 Å². The first-order valence-electron chi connectivity index (χ1n) is 10.3. The number of methoxy groups -OCH3 is 1. The van der Waals surface area contributed by atoms with Crippen molar-refractivity contribution < 1.29 is 9.53 Å². The van der Waals surface area contributed by atoms with E-state index in [1.54, 1.807) is 7.11 Å². The van der Waals surface area contributed by atoms with E-state index in [1.807, 2.05) is 11.9 Å². The van der Waals surface area contributed by atoms with Crippen molar-refractivity contribution in [2.45, 2.75) is 46.1 Å². The fraction of sp³-hybridized carbons (Fsp3) is 0.900. The van der Waals surface area contributed by atoms with Crippen LogP contribution in [0.1, 0.15) is 40.0 Å². The molecule has 2 heterocycles. The fourth-order valence-corrected chi connectivity index (χ4v) is 3.81. The maximum Gasteiger partial charge on any atom is 0.236 e. The van der Waals surface area contributed by atoms with Gasteiger partial charge in [-0.3, -0.25) is 14.7 Å². The van der Waals surface area contributed by atoms with E-state index < -0.39 is 0 Å². The second-order valence-electron chi connectivity index (χ2n) is 8.72. The number of guanidine groups is 1. The molecule has 0 aromatic heterocycles. The molecule has 7 heteroatoms. The minimum atomic E-state index is 0.0775. The Kier molecular flexibility index (Phi) is 8.35. The van der Waals surface area contributed by atoms with Gasteiger partial charge in [0.05, 0.1) is 12.6 Å². The molecule has 2 aliphatic rings. The summed E-state index contributed by atoms with van der Waals surface area (Å²) in [6, 6.07) is 0. The smallest absolute Gasteiger partial charge is 0.236 e. The normalized spacial score (nSPS) is 21.3. The van der Waals surface area contributed by atoms with Crippen molar-refractivity contribution in [3.05, 3.63) is 0 Å². The summed E-state index contributed by atoms with van der Waals surface area (Å²) >= 11 is 0. The molecule has 0 spiro atoms. The summed E-state index contributed by atoms with van der Waals surface area (Å²) in [7, 11) is 3.59.